The number of hydrogen-bond donors (Lipinski definition) is 2. The molecule has 2 N–H and O–H groups in total. The van der Waals surface area contributed by atoms with Crippen molar-refractivity contribution >= 4 is 27.8 Å². The third-order valence-electron chi connectivity index (χ3n) is 3.63. The lowest BCUT2D eigenvalue weighted by atomic mass is 9.92. The minimum atomic E-state index is -0.939. The van der Waals surface area contributed by atoms with E-state index >= 15 is 0 Å². The second-order valence-electron chi connectivity index (χ2n) is 5.11. The lowest BCUT2D eigenvalue weighted by Crippen LogP contribution is -2.47. The molecule has 108 valence electrons. The van der Waals surface area contributed by atoms with E-state index in [4.69, 9.17) is 5.11 Å². The highest BCUT2D eigenvalue weighted by molar-refractivity contribution is 9.10. The van der Waals surface area contributed by atoms with Crippen molar-refractivity contribution in [1.29, 1.82) is 0 Å². The lowest BCUT2D eigenvalue weighted by Gasteiger charge is -2.28. The van der Waals surface area contributed by atoms with Crippen LogP contribution in [0.5, 0.6) is 0 Å². The lowest BCUT2D eigenvalue weighted by molar-refractivity contribution is -0.138. The van der Waals surface area contributed by atoms with Gasteiger partial charge < -0.3 is 10.4 Å². The van der Waals surface area contributed by atoms with Gasteiger partial charge in [0.1, 0.15) is 5.82 Å². The molecular weight excluding hydrogens is 329 g/mol. The highest BCUT2D eigenvalue weighted by Crippen LogP contribution is 2.33. The standard InChI is InChI=1S/C14H15BrFNO3/c15-12-9(4-3-5-10(12)16)13(20)17-14(8-11(18)19)6-1-2-7-14/h3-5H,1-2,6-8H2,(H,17,20)(H,18,19). The van der Waals surface area contributed by atoms with Crippen molar-refractivity contribution in [2.75, 3.05) is 0 Å². The molecule has 1 aliphatic carbocycles. The summed E-state index contributed by atoms with van der Waals surface area (Å²) >= 11 is 3.05. The fraction of sp³-hybridized carbons (Fsp3) is 0.429. The molecule has 1 saturated carbocycles. The summed E-state index contributed by atoms with van der Waals surface area (Å²) in [5, 5.41) is 11.8. The van der Waals surface area contributed by atoms with Gasteiger partial charge >= 0.3 is 5.97 Å². The van der Waals surface area contributed by atoms with Gasteiger partial charge in [0, 0.05) is 0 Å². The smallest absolute Gasteiger partial charge is 0.305 e. The summed E-state index contributed by atoms with van der Waals surface area (Å²) in [6.45, 7) is 0. The summed E-state index contributed by atoms with van der Waals surface area (Å²) in [5.41, 5.74) is -0.532. The van der Waals surface area contributed by atoms with Crippen molar-refractivity contribution in [2.24, 2.45) is 0 Å². The Kier molecular flexibility index (Phi) is 4.42. The van der Waals surface area contributed by atoms with E-state index in [9.17, 15) is 14.0 Å². The van der Waals surface area contributed by atoms with E-state index in [0.29, 0.717) is 12.8 Å². The van der Waals surface area contributed by atoms with Crippen LogP contribution < -0.4 is 5.32 Å². The monoisotopic (exact) mass is 343 g/mol. The fourth-order valence-electron chi connectivity index (χ4n) is 2.67. The number of amides is 1. The number of carboxylic acids is 1. The number of halogens is 2. The molecule has 0 aliphatic heterocycles. The quantitative estimate of drug-likeness (QED) is 0.882. The maximum atomic E-state index is 13.4. The van der Waals surface area contributed by atoms with Gasteiger partial charge in [0.05, 0.1) is 22.0 Å². The number of carbonyl (C=O) groups is 2. The summed E-state index contributed by atoms with van der Waals surface area (Å²) in [7, 11) is 0. The van der Waals surface area contributed by atoms with Gasteiger partial charge in [-0.1, -0.05) is 18.9 Å². The van der Waals surface area contributed by atoms with Crippen molar-refractivity contribution < 1.29 is 19.1 Å². The number of nitrogens with one attached hydrogen (secondary N) is 1. The predicted octanol–water partition coefficient (Wildman–Crippen LogP) is 3.11. The minimum Gasteiger partial charge on any atom is -0.481 e. The summed E-state index contributed by atoms with van der Waals surface area (Å²) < 4.78 is 13.5. The molecule has 4 nitrogen and oxygen atoms in total. The third-order valence-corrected chi connectivity index (χ3v) is 4.43. The molecule has 1 aromatic rings. The average molecular weight is 344 g/mol. The Morgan fingerprint density at radius 3 is 2.60 bits per heavy atom. The predicted molar refractivity (Wildman–Crippen MR) is 75.0 cm³/mol. The van der Waals surface area contributed by atoms with Crippen LogP contribution in [0, 0.1) is 5.82 Å². The highest BCUT2D eigenvalue weighted by atomic mass is 79.9. The van der Waals surface area contributed by atoms with Gasteiger partial charge in [-0.05, 0) is 40.9 Å². The zero-order valence-corrected chi connectivity index (χ0v) is 12.4. The van der Waals surface area contributed by atoms with E-state index < -0.39 is 23.2 Å². The Labute approximate surface area is 124 Å². The van der Waals surface area contributed by atoms with Gasteiger partial charge in [0.25, 0.3) is 5.91 Å². The maximum Gasteiger partial charge on any atom is 0.305 e. The van der Waals surface area contributed by atoms with E-state index in [-0.39, 0.29) is 16.5 Å². The Bertz CT molecular complexity index is 541. The van der Waals surface area contributed by atoms with Crippen LogP contribution in [0.1, 0.15) is 42.5 Å². The van der Waals surface area contributed by atoms with Gasteiger partial charge in [-0.15, -0.1) is 0 Å². The van der Waals surface area contributed by atoms with E-state index in [1.165, 1.54) is 18.2 Å². The molecule has 1 fully saturated rings. The fourth-order valence-corrected chi connectivity index (χ4v) is 3.12. The zero-order chi connectivity index (χ0) is 14.8. The van der Waals surface area contributed by atoms with Gasteiger partial charge in [-0.25, -0.2) is 4.39 Å². The van der Waals surface area contributed by atoms with Gasteiger partial charge in [-0.2, -0.15) is 0 Å². The summed E-state index contributed by atoms with van der Waals surface area (Å²) in [6.07, 6.45) is 2.94. The number of benzene rings is 1. The van der Waals surface area contributed by atoms with Crippen LogP contribution in [0.25, 0.3) is 0 Å². The molecule has 2 rings (SSSR count). The third kappa shape index (κ3) is 3.17. The number of carbonyl (C=O) groups excluding carboxylic acids is 1. The molecule has 0 bridgehead atoms. The first-order valence-electron chi connectivity index (χ1n) is 6.42. The molecule has 1 amide bonds. The molecule has 1 aliphatic rings. The Hall–Kier alpha value is -1.43. The van der Waals surface area contributed by atoms with Crippen LogP contribution in [-0.4, -0.2) is 22.5 Å². The number of carboxylic acid groups (broad SMARTS) is 1. The van der Waals surface area contributed by atoms with E-state index in [0.717, 1.165) is 12.8 Å². The first kappa shape index (κ1) is 15.0. The first-order chi connectivity index (χ1) is 9.43. The van der Waals surface area contributed by atoms with Gasteiger partial charge in [0.15, 0.2) is 0 Å². The summed E-state index contributed by atoms with van der Waals surface area (Å²) in [6, 6.07) is 4.21. The van der Waals surface area contributed by atoms with Crippen molar-refractivity contribution in [1.82, 2.24) is 5.32 Å². The number of aliphatic carboxylic acids is 1. The van der Waals surface area contributed by atoms with Crippen molar-refractivity contribution in [2.45, 2.75) is 37.6 Å². The van der Waals surface area contributed by atoms with Crippen LogP contribution >= 0.6 is 15.9 Å². The first-order valence-corrected chi connectivity index (χ1v) is 7.21. The van der Waals surface area contributed by atoms with E-state index in [2.05, 4.69) is 21.2 Å². The SMILES string of the molecule is O=C(O)CC1(NC(=O)c2cccc(F)c2Br)CCCC1. The largest absolute Gasteiger partial charge is 0.481 e. The second-order valence-corrected chi connectivity index (χ2v) is 5.91. The van der Waals surface area contributed by atoms with Crippen LogP contribution in [0.3, 0.4) is 0 Å². The molecule has 0 saturated heterocycles. The average Bonchev–Trinajstić information content (AvgIpc) is 2.79. The molecule has 0 spiro atoms. The minimum absolute atomic E-state index is 0.0981. The molecule has 6 heteroatoms. The van der Waals surface area contributed by atoms with Crippen LogP contribution in [0.4, 0.5) is 4.39 Å². The molecule has 0 radical (unpaired) electrons. The highest BCUT2D eigenvalue weighted by Gasteiger charge is 2.37. The number of hydrogen-bond acceptors (Lipinski definition) is 2. The zero-order valence-electron chi connectivity index (χ0n) is 10.8. The Morgan fingerprint density at radius 2 is 2.00 bits per heavy atom. The van der Waals surface area contributed by atoms with Crippen LogP contribution in [0.2, 0.25) is 0 Å². The molecule has 0 heterocycles. The molecular formula is C14H15BrFNO3. The topological polar surface area (TPSA) is 66.4 Å². The van der Waals surface area contributed by atoms with E-state index in [1.807, 2.05) is 0 Å². The molecule has 0 unspecified atom stereocenters. The van der Waals surface area contributed by atoms with Crippen molar-refractivity contribution in [3.8, 4) is 0 Å². The number of rotatable bonds is 4. The second kappa shape index (κ2) is 5.91. The molecule has 1 aromatic carbocycles. The Balaban J connectivity index is 2.20. The molecule has 0 aromatic heterocycles. The maximum absolute atomic E-state index is 13.4. The van der Waals surface area contributed by atoms with Crippen molar-refractivity contribution in [3.05, 3.63) is 34.1 Å². The van der Waals surface area contributed by atoms with E-state index in [1.54, 1.807) is 0 Å². The Morgan fingerprint density at radius 1 is 1.35 bits per heavy atom. The molecule has 0 atom stereocenters. The summed E-state index contributed by atoms with van der Waals surface area (Å²) in [4.78, 5) is 23.2. The normalized spacial score (nSPS) is 16.9. The van der Waals surface area contributed by atoms with Crippen LogP contribution in [0.15, 0.2) is 22.7 Å². The van der Waals surface area contributed by atoms with Crippen LogP contribution in [-0.2, 0) is 4.79 Å². The molecule has 20 heavy (non-hydrogen) atoms. The van der Waals surface area contributed by atoms with Crippen molar-refractivity contribution in [3.63, 3.8) is 0 Å². The van der Waals surface area contributed by atoms with Gasteiger partial charge in [0.2, 0.25) is 0 Å². The summed E-state index contributed by atoms with van der Waals surface area (Å²) in [5.74, 6) is -1.90. The van der Waals surface area contributed by atoms with Gasteiger partial charge in [-0.3, -0.25) is 9.59 Å².